The van der Waals surface area contributed by atoms with E-state index in [1.807, 2.05) is 24.3 Å². The second kappa shape index (κ2) is 6.46. The Morgan fingerprint density at radius 2 is 2.20 bits per heavy atom. The van der Waals surface area contributed by atoms with Gasteiger partial charge in [-0.2, -0.15) is 0 Å². The molecule has 0 saturated heterocycles. The normalized spacial score (nSPS) is 12.5. The molecule has 0 aliphatic carbocycles. The highest BCUT2D eigenvalue weighted by atomic mass is 16.3. The summed E-state index contributed by atoms with van der Waals surface area (Å²) in [6.07, 6.45) is 3.69. The van der Waals surface area contributed by atoms with Crippen molar-refractivity contribution in [2.24, 2.45) is 0 Å². The Kier molecular flexibility index (Phi) is 5.19. The molecule has 0 bridgehead atoms. The molecule has 0 fully saturated rings. The highest BCUT2D eigenvalue weighted by molar-refractivity contribution is 5.46. The lowest BCUT2D eigenvalue weighted by Crippen LogP contribution is -2.14. The van der Waals surface area contributed by atoms with Gasteiger partial charge in [-0.05, 0) is 31.0 Å². The fraction of sp³-hybridized carbons (Fsp3) is 0.538. The van der Waals surface area contributed by atoms with Gasteiger partial charge in [0.05, 0.1) is 6.61 Å². The molecule has 0 heterocycles. The van der Waals surface area contributed by atoms with Crippen molar-refractivity contribution in [3.8, 4) is 0 Å². The molecule has 1 unspecified atom stereocenters. The Morgan fingerprint density at radius 3 is 2.87 bits per heavy atom. The third-order valence-corrected chi connectivity index (χ3v) is 2.51. The average Bonchev–Trinajstić information content (AvgIpc) is 2.26. The number of hydrogen-bond acceptors (Lipinski definition) is 2. The smallest absolute Gasteiger partial charge is 0.0682 e. The lowest BCUT2D eigenvalue weighted by atomic mass is 10.1. The van der Waals surface area contributed by atoms with Crippen LogP contribution in [0.25, 0.3) is 0 Å². The molecule has 0 amide bonds. The van der Waals surface area contributed by atoms with Crippen molar-refractivity contribution in [3.05, 3.63) is 29.8 Å². The van der Waals surface area contributed by atoms with Crippen molar-refractivity contribution >= 4 is 5.69 Å². The molecule has 0 aromatic heterocycles. The van der Waals surface area contributed by atoms with E-state index >= 15 is 0 Å². The lowest BCUT2D eigenvalue weighted by molar-refractivity contribution is 0.282. The second-order valence-corrected chi connectivity index (χ2v) is 4.05. The molecule has 1 atom stereocenters. The van der Waals surface area contributed by atoms with E-state index in [0.29, 0.717) is 6.04 Å². The Hall–Kier alpha value is -1.02. The highest BCUT2D eigenvalue weighted by Crippen LogP contribution is 2.13. The van der Waals surface area contributed by atoms with Crippen LogP contribution in [-0.4, -0.2) is 11.1 Å². The zero-order valence-corrected chi connectivity index (χ0v) is 9.66. The van der Waals surface area contributed by atoms with Crippen LogP contribution >= 0.6 is 0 Å². The SMILES string of the molecule is CCCCC(C)Nc1cccc(CO)c1. The van der Waals surface area contributed by atoms with E-state index in [9.17, 15) is 0 Å². The Balaban J connectivity index is 2.48. The number of aliphatic hydroxyl groups excluding tert-OH is 1. The Morgan fingerprint density at radius 1 is 1.40 bits per heavy atom. The summed E-state index contributed by atoms with van der Waals surface area (Å²) in [7, 11) is 0. The van der Waals surface area contributed by atoms with Crippen LogP contribution in [0.5, 0.6) is 0 Å². The molecule has 0 aliphatic rings. The second-order valence-electron chi connectivity index (χ2n) is 4.05. The molecule has 1 aromatic rings. The van der Waals surface area contributed by atoms with Gasteiger partial charge in [0.15, 0.2) is 0 Å². The number of hydrogen-bond donors (Lipinski definition) is 2. The van der Waals surface area contributed by atoms with Gasteiger partial charge in [0.25, 0.3) is 0 Å². The van der Waals surface area contributed by atoms with Crippen molar-refractivity contribution < 1.29 is 5.11 Å². The number of unbranched alkanes of at least 4 members (excludes halogenated alkanes) is 1. The summed E-state index contributed by atoms with van der Waals surface area (Å²) in [6.45, 7) is 4.51. The molecule has 1 aromatic carbocycles. The molecule has 2 N–H and O–H groups in total. The molecule has 1 rings (SSSR count). The summed E-state index contributed by atoms with van der Waals surface area (Å²) in [5.74, 6) is 0. The van der Waals surface area contributed by atoms with Gasteiger partial charge in [-0.3, -0.25) is 0 Å². The molecule has 0 radical (unpaired) electrons. The first kappa shape index (κ1) is 12.1. The van der Waals surface area contributed by atoms with E-state index in [1.165, 1.54) is 19.3 Å². The zero-order valence-electron chi connectivity index (χ0n) is 9.66. The standard InChI is InChI=1S/C13H21NO/c1-3-4-6-11(2)14-13-8-5-7-12(9-13)10-15/h5,7-9,11,14-15H,3-4,6,10H2,1-2H3. The number of aliphatic hydroxyl groups is 1. The highest BCUT2D eigenvalue weighted by Gasteiger charge is 2.01. The molecule has 0 spiro atoms. The first-order valence-corrected chi connectivity index (χ1v) is 5.72. The Bertz CT molecular complexity index is 286. The number of benzene rings is 1. The summed E-state index contributed by atoms with van der Waals surface area (Å²) in [5, 5.41) is 12.5. The first-order valence-electron chi connectivity index (χ1n) is 5.72. The van der Waals surface area contributed by atoms with Gasteiger partial charge < -0.3 is 10.4 Å². The van der Waals surface area contributed by atoms with Gasteiger partial charge in [-0.1, -0.05) is 31.9 Å². The van der Waals surface area contributed by atoms with E-state index in [0.717, 1.165) is 11.3 Å². The van der Waals surface area contributed by atoms with E-state index in [-0.39, 0.29) is 6.61 Å². The van der Waals surface area contributed by atoms with Crippen LogP contribution in [0.1, 0.15) is 38.7 Å². The zero-order chi connectivity index (χ0) is 11.1. The minimum absolute atomic E-state index is 0.110. The fourth-order valence-corrected chi connectivity index (χ4v) is 1.63. The van der Waals surface area contributed by atoms with Gasteiger partial charge in [0, 0.05) is 11.7 Å². The molecular formula is C13H21NO. The fourth-order valence-electron chi connectivity index (χ4n) is 1.63. The predicted octanol–water partition coefficient (Wildman–Crippen LogP) is 3.17. The molecule has 0 saturated carbocycles. The van der Waals surface area contributed by atoms with Crippen molar-refractivity contribution in [1.82, 2.24) is 0 Å². The van der Waals surface area contributed by atoms with Crippen molar-refractivity contribution in [1.29, 1.82) is 0 Å². The molecule has 2 nitrogen and oxygen atoms in total. The van der Waals surface area contributed by atoms with Crippen LogP contribution in [0, 0.1) is 0 Å². The van der Waals surface area contributed by atoms with Crippen LogP contribution < -0.4 is 5.32 Å². The molecular weight excluding hydrogens is 186 g/mol. The van der Waals surface area contributed by atoms with Crippen LogP contribution in [0.2, 0.25) is 0 Å². The van der Waals surface area contributed by atoms with E-state index in [4.69, 9.17) is 5.11 Å². The van der Waals surface area contributed by atoms with Crippen LogP contribution in [-0.2, 0) is 6.61 Å². The van der Waals surface area contributed by atoms with Crippen molar-refractivity contribution in [2.75, 3.05) is 5.32 Å². The first-order chi connectivity index (χ1) is 7.26. The lowest BCUT2D eigenvalue weighted by Gasteiger charge is -2.15. The quantitative estimate of drug-likeness (QED) is 0.751. The van der Waals surface area contributed by atoms with E-state index in [2.05, 4.69) is 19.2 Å². The third kappa shape index (κ3) is 4.34. The molecule has 0 aliphatic heterocycles. The predicted molar refractivity (Wildman–Crippen MR) is 65.0 cm³/mol. The monoisotopic (exact) mass is 207 g/mol. The van der Waals surface area contributed by atoms with Crippen LogP contribution in [0.15, 0.2) is 24.3 Å². The van der Waals surface area contributed by atoms with Crippen molar-refractivity contribution in [2.45, 2.75) is 45.8 Å². The maximum absolute atomic E-state index is 9.01. The molecule has 15 heavy (non-hydrogen) atoms. The minimum atomic E-state index is 0.110. The number of nitrogens with one attached hydrogen (secondary N) is 1. The van der Waals surface area contributed by atoms with Gasteiger partial charge in [-0.15, -0.1) is 0 Å². The Labute approximate surface area is 92.3 Å². The third-order valence-electron chi connectivity index (χ3n) is 2.51. The summed E-state index contributed by atoms with van der Waals surface area (Å²) >= 11 is 0. The summed E-state index contributed by atoms with van der Waals surface area (Å²) < 4.78 is 0. The largest absolute Gasteiger partial charge is 0.392 e. The van der Waals surface area contributed by atoms with Crippen molar-refractivity contribution in [3.63, 3.8) is 0 Å². The minimum Gasteiger partial charge on any atom is -0.392 e. The summed E-state index contributed by atoms with van der Waals surface area (Å²) in [5.41, 5.74) is 2.06. The van der Waals surface area contributed by atoms with Gasteiger partial charge in [-0.25, -0.2) is 0 Å². The van der Waals surface area contributed by atoms with Gasteiger partial charge in [0.2, 0.25) is 0 Å². The maximum atomic E-state index is 9.01. The van der Waals surface area contributed by atoms with E-state index in [1.54, 1.807) is 0 Å². The average molecular weight is 207 g/mol. The van der Waals surface area contributed by atoms with E-state index < -0.39 is 0 Å². The number of anilines is 1. The van der Waals surface area contributed by atoms with Gasteiger partial charge >= 0.3 is 0 Å². The topological polar surface area (TPSA) is 32.3 Å². The summed E-state index contributed by atoms with van der Waals surface area (Å²) in [6, 6.07) is 8.45. The van der Waals surface area contributed by atoms with Crippen LogP contribution in [0.3, 0.4) is 0 Å². The van der Waals surface area contributed by atoms with Gasteiger partial charge in [0.1, 0.15) is 0 Å². The number of rotatable bonds is 6. The molecule has 84 valence electrons. The summed E-state index contributed by atoms with van der Waals surface area (Å²) in [4.78, 5) is 0. The van der Waals surface area contributed by atoms with Crippen LogP contribution in [0.4, 0.5) is 5.69 Å². The maximum Gasteiger partial charge on any atom is 0.0682 e. The molecule has 2 heteroatoms.